The smallest absolute Gasteiger partial charge is 0.142 e. The molecule has 4 nitrogen and oxygen atoms in total. The number of H-pyrrole nitrogens is 1. The van der Waals surface area contributed by atoms with Gasteiger partial charge in [-0.1, -0.05) is 12.1 Å². The van der Waals surface area contributed by atoms with E-state index in [1.54, 1.807) is 6.20 Å². The van der Waals surface area contributed by atoms with Crippen LogP contribution < -0.4 is 10.1 Å². The Bertz CT molecular complexity index is 453. The molecule has 1 unspecified atom stereocenters. The molecule has 0 bridgehead atoms. The zero-order chi connectivity index (χ0) is 12.1. The first-order chi connectivity index (χ1) is 8.31. The molecule has 0 aliphatic rings. The van der Waals surface area contributed by atoms with Crippen LogP contribution in [0.3, 0.4) is 0 Å². The molecule has 90 valence electrons. The molecule has 1 aromatic carbocycles. The normalized spacial score (nSPS) is 12.1. The van der Waals surface area contributed by atoms with Gasteiger partial charge >= 0.3 is 0 Å². The molecular formula is C13H17N3O. The lowest BCUT2D eigenvalue weighted by atomic mass is 10.2. The van der Waals surface area contributed by atoms with Crippen molar-refractivity contribution in [3.05, 3.63) is 42.2 Å². The second-order valence-corrected chi connectivity index (χ2v) is 3.81. The third kappa shape index (κ3) is 2.78. The summed E-state index contributed by atoms with van der Waals surface area (Å²) in [6.45, 7) is 4.72. The van der Waals surface area contributed by atoms with Crippen LogP contribution in [0.2, 0.25) is 0 Å². The fourth-order valence-electron chi connectivity index (χ4n) is 1.69. The number of rotatable bonds is 5. The first kappa shape index (κ1) is 11.5. The minimum absolute atomic E-state index is 0.166. The molecule has 4 heteroatoms. The summed E-state index contributed by atoms with van der Waals surface area (Å²) in [5.74, 6) is 0.876. The number of para-hydroxylation sites is 2. The van der Waals surface area contributed by atoms with Crippen molar-refractivity contribution in [2.75, 3.05) is 11.9 Å². The number of ether oxygens (including phenoxy) is 1. The Hall–Kier alpha value is -1.97. The van der Waals surface area contributed by atoms with Crippen molar-refractivity contribution in [1.82, 2.24) is 10.2 Å². The molecule has 0 saturated heterocycles. The monoisotopic (exact) mass is 231 g/mol. The second-order valence-electron chi connectivity index (χ2n) is 3.81. The fraction of sp³-hybridized carbons (Fsp3) is 0.308. The van der Waals surface area contributed by atoms with E-state index in [0.29, 0.717) is 6.61 Å². The van der Waals surface area contributed by atoms with E-state index in [1.807, 2.05) is 37.3 Å². The van der Waals surface area contributed by atoms with Gasteiger partial charge in [-0.05, 0) is 32.0 Å². The Kier molecular flexibility index (Phi) is 3.65. The molecule has 0 fully saturated rings. The molecule has 2 aromatic rings. The number of anilines is 1. The summed E-state index contributed by atoms with van der Waals surface area (Å²) < 4.78 is 5.57. The Morgan fingerprint density at radius 3 is 2.88 bits per heavy atom. The Morgan fingerprint density at radius 1 is 1.35 bits per heavy atom. The molecule has 0 radical (unpaired) electrons. The van der Waals surface area contributed by atoms with E-state index in [-0.39, 0.29) is 6.04 Å². The van der Waals surface area contributed by atoms with Gasteiger partial charge in [-0.15, -0.1) is 0 Å². The highest BCUT2D eigenvalue weighted by molar-refractivity contribution is 5.57. The molecule has 1 atom stereocenters. The molecule has 0 aliphatic carbocycles. The van der Waals surface area contributed by atoms with E-state index < -0.39 is 0 Å². The zero-order valence-electron chi connectivity index (χ0n) is 10.1. The summed E-state index contributed by atoms with van der Waals surface area (Å²) in [7, 11) is 0. The molecule has 17 heavy (non-hydrogen) atoms. The number of benzene rings is 1. The van der Waals surface area contributed by atoms with E-state index >= 15 is 0 Å². The van der Waals surface area contributed by atoms with Crippen LogP contribution in [-0.2, 0) is 0 Å². The number of aromatic amines is 1. The topological polar surface area (TPSA) is 49.9 Å². The first-order valence-electron chi connectivity index (χ1n) is 5.79. The minimum atomic E-state index is 0.166. The van der Waals surface area contributed by atoms with E-state index in [1.165, 1.54) is 0 Å². The van der Waals surface area contributed by atoms with Crippen LogP contribution in [0.25, 0.3) is 0 Å². The average Bonchev–Trinajstić information content (AvgIpc) is 2.85. The van der Waals surface area contributed by atoms with Gasteiger partial charge in [0.15, 0.2) is 0 Å². The predicted octanol–water partition coefficient (Wildman–Crippen LogP) is 2.98. The quantitative estimate of drug-likeness (QED) is 0.831. The maximum Gasteiger partial charge on any atom is 0.142 e. The number of hydrogen-bond donors (Lipinski definition) is 2. The molecule has 0 aliphatic heterocycles. The number of hydrogen-bond acceptors (Lipinski definition) is 3. The lowest BCUT2D eigenvalue weighted by Gasteiger charge is -2.16. The van der Waals surface area contributed by atoms with Crippen molar-refractivity contribution in [3.8, 4) is 5.75 Å². The molecule has 0 amide bonds. The second kappa shape index (κ2) is 5.39. The van der Waals surface area contributed by atoms with Gasteiger partial charge in [0.25, 0.3) is 0 Å². The van der Waals surface area contributed by atoms with Crippen LogP contribution in [0.1, 0.15) is 25.6 Å². The van der Waals surface area contributed by atoms with Crippen LogP contribution in [0.5, 0.6) is 5.75 Å². The van der Waals surface area contributed by atoms with Crippen molar-refractivity contribution < 1.29 is 4.74 Å². The van der Waals surface area contributed by atoms with Gasteiger partial charge in [-0.2, -0.15) is 5.10 Å². The van der Waals surface area contributed by atoms with Crippen LogP contribution in [0.15, 0.2) is 36.5 Å². The van der Waals surface area contributed by atoms with E-state index in [9.17, 15) is 0 Å². The molecule has 2 N–H and O–H groups in total. The molecule has 0 saturated carbocycles. The van der Waals surface area contributed by atoms with Gasteiger partial charge in [0, 0.05) is 6.20 Å². The minimum Gasteiger partial charge on any atom is -0.492 e. The summed E-state index contributed by atoms with van der Waals surface area (Å²) in [6, 6.07) is 10.1. The SMILES string of the molecule is CCOc1ccccc1NC(C)c1ccn[nH]1. The lowest BCUT2D eigenvalue weighted by molar-refractivity contribution is 0.341. The highest BCUT2D eigenvalue weighted by atomic mass is 16.5. The van der Waals surface area contributed by atoms with Gasteiger partial charge in [-0.3, -0.25) is 5.10 Å². The van der Waals surface area contributed by atoms with Gasteiger partial charge in [0.05, 0.1) is 24.0 Å². The maximum atomic E-state index is 5.57. The number of aromatic nitrogens is 2. The summed E-state index contributed by atoms with van der Waals surface area (Å²) in [5, 5.41) is 10.3. The Morgan fingerprint density at radius 2 is 2.18 bits per heavy atom. The van der Waals surface area contributed by atoms with Crippen molar-refractivity contribution in [2.24, 2.45) is 0 Å². The molecular weight excluding hydrogens is 214 g/mol. The Balaban J connectivity index is 2.12. The van der Waals surface area contributed by atoms with Crippen molar-refractivity contribution >= 4 is 5.69 Å². The van der Waals surface area contributed by atoms with E-state index in [4.69, 9.17) is 4.74 Å². The molecule has 1 heterocycles. The van der Waals surface area contributed by atoms with E-state index in [2.05, 4.69) is 22.4 Å². The van der Waals surface area contributed by atoms with Crippen LogP contribution in [0, 0.1) is 0 Å². The highest BCUT2D eigenvalue weighted by Gasteiger charge is 2.09. The van der Waals surface area contributed by atoms with Crippen LogP contribution >= 0.6 is 0 Å². The lowest BCUT2D eigenvalue weighted by Crippen LogP contribution is -2.08. The predicted molar refractivity (Wildman–Crippen MR) is 68.2 cm³/mol. The van der Waals surface area contributed by atoms with Crippen molar-refractivity contribution in [2.45, 2.75) is 19.9 Å². The summed E-state index contributed by atoms with van der Waals surface area (Å²) in [4.78, 5) is 0. The van der Waals surface area contributed by atoms with Gasteiger partial charge in [0.2, 0.25) is 0 Å². The number of nitrogens with zero attached hydrogens (tertiary/aromatic N) is 1. The summed E-state index contributed by atoms with van der Waals surface area (Å²) >= 11 is 0. The molecule has 1 aromatic heterocycles. The largest absolute Gasteiger partial charge is 0.492 e. The van der Waals surface area contributed by atoms with Crippen LogP contribution in [-0.4, -0.2) is 16.8 Å². The molecule has 2 rings (SSSR count). The fourth-order valence-corrected chi connectivity index (χ4v) is 1.69. The average molecular weight is 231 g/mol. The van der Waals surface area contributed by atoms with Crippen molar-refractivity contribution in [3.63, 3.8) is 0 Å². The van der Waals surface area contributed by atoms with Gasteiger partial charge in [-0.25, -0.2) is 0 Å². The summed E-state index contributed by atoms with van der Waals surface area (Å²) in [5.41, 5.74) is 2.05. The Labute approximate surface area is 101 Å². The third-order valence-corrected chi connectivity index (χ3v) is 2.55. The van der Waals surface area contributed by atoms with Crippen LogP contribution in [0.4, 0.5) is 5.69 Å². The number of nitrogens with one attached hydrogen (secondary N) is 2. The summed E-state index contributed by atoms with van der Waals surface area (Å²) in [6.07, 6.45) is 1.75. The standard InChI is InChI=1S/C13H17N3O/c1-3-17-13-7-5-4-6-12(13)15-10(2)11-8-9-14-16-11/h4-10,15H,3H2,1-2H3,(H,14,16). The van der Waals surface area contributed by atoms with Crippen molar-refractivity contribution in [1.29, 1.82) is 0 Å². The first-order valence-corrected chi connectivity index (χ1v) is 5.79. The van der Waals surface area contributed by atoms with Gasteiger partial charge < -0.3 is 10.1 Å². The van der Waals surface area contributed by atoms with Gasteiger partial charge in [0.1, 0.15) is 5.75 Å². The zero-order valence-corrected chi connectivity index (χ0v) is 10.1. The third-order valence-electron chi connectivity index (χ3n) is 2.55. The van der Waals surface area contributed by atoms with E-state index in [0.717, 1.165) is 17.1 Å². The maximum absolute atomic E-state index is 5.57. The highest BCUT2D eigenvalue weighted by Crippen LogP contribution is 2.27. The molecule has 0 spiro atoms.